The van der Waals surface area contributed by atoms with Crippen LogP contribution in [0.3, 0.4) is 0 Å². The number of fused-ring (bicyclic) bond motifs is 1. The van der Waals surface area contributed by atoms with Gasteiger partial charge in [-0.05, 0) is 25.1 Å². The molecule has 1 unspecified atom stereocenters. The van der Waals surface area contributed by atoms with Crippen LogP contribution in [0.5, 0.6) is 5.75 Å². The minimum Gasteiger partial charge on any atom is -0.488 e. The molecular formula is C24H25ClFN7O3. The zero-order valence-corrected chi connectivity index (χ0v) is 20.6. The Kier molecular flexibility index (Phi) is 6.08. The largest absolute Gasteiger partial charge is 0.488 e. The number of hydrogen-bond donors (Lipinski definition) is 0. The summed E-state index contributed by atoms with van der Waals surface area (Å²) in [6.07, 6.45) is 4.09. The number of halogens is 2. The third-order valence-electron chi connectivity index (χ3n) is 6.86. The summed E-state index contributed by atoms with van der Waals surface area (Å²) in [7, 11) is 1.55. The summed E-state index contributed by atoms with van der Waals surface area (Å²) in [4.78, 5) is 6.53. The van der Waals surface area contributed by atoms with Crippen LogP contribution < -0.4 is 4.74 Å². The predicted octanol–water partition coefficient (Wildman–Crippen LogP) is 3.11. The number of aromatic nitrogens is 6. The quantitative estimate of drug-likeness (QED) is 0.355. The van der Waals surface area contributed by atoms with Crippen LogP contribution in [-0.2, 0) is 9.47 Å². The SMILES string of the molecule is COC(COc1cc(-c2nnn(C3CN(C4COC4)C3)c2C)cn2ncc(Cl)c12)c1ccc(F)cn1. The minimum atomic E-state index is -0.499. The van der Waals surface area contributed by atoms with Gasteiger partial charge in [-0.2, -0.15) is 5.10 Å². The van der Waals surface area contributed by atoms with Crippen molar-refractivity contribution in [1.82, 2.24) is 34.5 Å². The van der Waals surface area contributed by atoms with Crippen LogP contribution in [0.15, 0.2) is 36.8 Å². The highest BCUT2D eigenvalue weighted by Crippen LogP contribution is 2.35. The number of rotatable bonds is 8. The topological polar surface area (TPSA) is 91.8 Å². The Bertz CT molecular complexity index is 1380. The molecule has 6 heterocycles. The number of pyridine rings is 2. The number of likely N-dealkylation sites (tertiary alicyclic amines) is 1. The van der Waals surface area contributed by atoms with Gasteiger partial charge < -0.3 is 14.2 Å². The van der Waals surface area contributed by atoms with E-state index in [2.05, 4.69) is 25.3 Å². The van der Waals surface area contributed by atoms with Crippen LogP contribution in [0.25, 0.3) is 16.8 Å². The van der Waals surface area contributed by atoms with Crippen LogP contribution in [0, 0.1) is 12.7 Å². The summed E-state index contributed by atoms with van der Waals surface area (Å²) in [5.74, 6) is 0.109. The number of ether oxygens (including phenoxy) is 3. The summed E-state index contributed by atoms with van der Waals surface area (Å²) >= 11 is 6.42. The average molecular weight is 514 g/mol. The van der Waals surface area contributed by atoms with E-state index in [1.54, 1.807) is 23.9 Å². The van der Waals surface area contributed by atoms with E-state index in [0.29, 0.717) is 28.0 Å². The lowest BCUT2D eigenvalue weighted by Crippen LogP contribution is -2.59. The van der Waals surface area contributed by atoms with E-state index >= 15 is 0 Å². The van der Waals surface area contributed by atoms with Gasteiger partial charge in [0, 0.05) is 32.0 Å². The van der Waals surface area contributed by atoms with E-state index in [-0.39, 0.29) is 12.6 Å². The molecule has 1 atom stereocenters. The smallest absolute Gasteiger partial charge is 0.147 e. The maximum Gasteiger partial charge on any atom is 0.147 e. The van der Waals surface area contributed by atoms with Gasteiger partial charge in [-0.15, -0.1) is 5.10 Å². The molecule has 2 aliphatic rings. The third kappa shape index (κ3) is 4.11. The van der Waals surface area contributed by atoms with E-state index < -0.39 is 11.9 Å². The van der Waals surface area contributed by atoms with Crippen molar-refractivity contribution in [2.24, 2.45) is 0 Å². The zero-order valence-electron chi connectivity index (χ0n) is 19.8. The molecule has 0 N–H and O–H groups in total. The normalized spacial score (nSPS) is 17.8. The highest BCUT2D eigenvalue weighted by molar-refractivity contribution is 6.34. The monoisotopic (exact) mass is 513 g/mol. The predicted molar refractivity (Wildman–Crippen MR) is 129 cm³/mol. The number of methoxy groups -OCH3 is 1. The minimum absolute atomic E-state index is 0.143. The van der Waals surface area contributed by atoms with Crippen molar-refractivity contribution in [1.29, 1.82) is 0 Å². The molecule has 10 nitrogen and oxygen atoms in total. The van der Waals surface area contributed by atoms with Gasteiger partial charge in [0.05, 0.1) is 54.1 Å². The van der Waals surface area contributed by atoms with Crippen LogP contribution in [-0.4, -0.2) is 80.6 Å². The molecule has 2 saturated heterocycles. The fourth-order valence-electron chi connectivity index (χ4n) is 4.63. The standard InChI is InChI=1S/C24H25ClFN7O3/c1-14-23(29-30-33(14)17-9-31(10-17)18-11-35-12-18)15-5-21(24-19(25)7-28-32(24)8-15)36-13-22(34-2)20-4-3-16(26)6-27-20/h3-8,17-18,22H,9-13H2,1-2H3. The maximum absolute atomic E-state index is 13.3. The molecule has 0 bridgehead atoms. The molecule has 0 amide bonds. The van der Waals surface area contributed by atoms with E-state index in [4.69, 9.17) is 25.8 Å². The van der Waals surface area contributed by atoms with Gasteiger partial charge in [-0.1, -0.05) is 16.8 Å². The van der Waals surface area contributed by atoms with E-state index in [1.165, 1.54) is 6.07 Å². The van der Waals surface area contributed by atoms with Crippen molar-refractivity contribution in [3.63, 3.8) is 0 Å². The first-order valence-electron chi connectivity index (χ1n) is 11.7. The highest BCUT2D eigenvalue weighted by atomic mass is 35.5. The molecule has 0 aromatic carbocycles. The summed E-state index contributed by atoms with van der Waals surface area (Å²) in [6.45, 7) is 5.66. The summed E-state index contributed by atoms with van der Waals surface area (Å²) in [5, 5.41) is 13.8. The van der Waals surface area contributed by atoms with E-state index in [0.717, 1.165) is 49.5 Å². The second-order valence-corrected chi connectivity index (χ2v) is 9.49. The van der Waals surface area contributed by atoms with Crippen LogP contribution in [0.2, 0.25) is 5.02 Å². The van der Waals surface area contributed by atoms with E-state index in [1.807, 2.05) is 23.9 Å². The third-order valence-corrected chi connectivity index (χ3v) is 7.14. The van der Waals surface area contributed by atoms with Gasteiger partial charge in [-0.25, -0.2) is 13.6 Å². The fraction of sp³-hybridized carbons (Fsp3) is 0.417. The molecule has 4 aromatic rings. The lowest BCUT2D eigenvalue weighted by molar-refractivity contribution is -0.100. The van der Waals surface area contributed by atoms with Gasteiger partial charge in [0.15, 0.2) is 0 Å². The molecule has 36 heavy (non-hydrogen) atoms. The average Bonchev–Trinajstić information content (AvgIpc) is 3.38. The second-order valence-electron chi connectivity index (χ2n) is 9.08. The maximum atomic E-state index is 13.3. The van der Waals surface area contributed by atoms with Crippen molar-refractivity contribution < 1.29 is 18.6 Å². The summed E-state index contributed by atoms with van der Waals surface area (Å²) in [5.41, 5.74) is 3.72. The van der Waals surface area contributed by atoms with Crippen molar-refractivity contribution in [2.75, 3.05) is 40.0 Å². The fourth-order valence-corrected chi connectivity index (χ4v) is 4.86. The Morgan fingerprint density at radius 2 is 2.06 bits per heavy atom. The van der Waals surface area contributed by atoms with E-state index in [9.17, 15) is 4.39 Å². The van der Waals surface area contributed by atoms with Crippen molar-refractivity contribution in [3.8, 4) is 17.0 Å². The van der Waals surface area contributed by atoms with Crippen molar-refractivity contribution in [3.05, 3.63) is 59.0 Å². The lowest BCUT2D eigenvalue weighted by atomic mass is 10.0. The molecular weight excluding hydrogens is 489 g/mol. The lowest BCUT2D eigenvalue weighted by Gasteiger charge is -2.47. The number of hydrogen-bond acceptors (Lipinski definition) is 8. The molecule has 0 saturated carbocycles. The Balaban J connectivity index is 1.26. The van der Waals surface area contributed by atoms with Crippen molar-refractivity contribution in [2.45, 2.75) is 25.1 Å². The van der Waals surface area contributed by atoms with Gasteiger partial charge in [0.1, 0.15) is 35.5 Å². The van der Waals surface area contributed by atoms with Crippen molar-refractivity contribution >= 4 is 17.1 Å². The van der Waals surface area contributed by atoms with Gasteiger partial charge in [0.2, 0.25) is 0 Å². The molecule has 12 heteroatoms. The number of nitrogens with zero attached hydrogens (tertiary/aromatic N) is 7. The first-order chi connectivity index (χ1) is 17.5. The van der Waals surface area contributed by atoms with Gasteiger partial charge >= 0.3 is 0 Å². The Morgan fingerprint density at radius 3 is 2.75 bits per heavy atom. The van der Waals surface area contributed by atoms with Gasteiger partial charge in [-0.3, -0.25) is 9.88 Å². The molecule has 2 fully saturated rings. The Labute approximate surface area is 211 Å². The first kappa shape index (κ1) is 23.3. The molecule has 4 aromatic heterocycles. The Morgan fingerprint density at radius 1 is 1.22 bits per heavy atom. The molecule has 0 radical (unpaired) electrons. The molecule has 0 spiro atoms. The van der Waals surface area contributed by atoms with Gasteiger partial charge in [0.25, 0.3) is 0 Å². The molecule has 6 rings (SSSR count). The summed E-state index contributed by atoms with van der Waals surface area (Å²) in [6, 6.07) is 5.61. The summed E-state index contributed by atoms with van der Waals surface area (Å²) < 4.78 is 34.0. The highest BCUT2D eigenvalue weighted by Gasteiger charge is 2.38. The first-order valence-corrected chi connectivity index (χ1v) is 12.1. The van der Waals surface area contributed by atoms with Crippen LogP contribution in [0.4, 0.5) is 4.39 Å². The molecule has 2 aliphatic heterocycles. The Hall–Kier alpha value is -3.12. The molecule has 188 valence electrons. The van der Waals surface area contributed by atoms with Crippen LogP contribution >= 0.6 is 11.6 Å². The zero-order chi connectivity index (χ0) is 24.8. The molecule has 0 aliphatic carbocycles. The second kappa shape index (κ2) is 9.40. The van der Waals surface area contributed by atoms with Crippen LogP contribution in [0.1, 0.15) is 23.5 Å².